The summed E-state index contributed by atoms with van der Waals surface area (Å²) < 4.78 is 30.6. The topological polar surface area (TPSA) is 122 Å². The average molecular weight is 441 g/mol. The molecular formula is C22H22FN4O5+. The largest absolute Gasteiger partial charge is 0.458 e. The molecule has 0 aliphatic carbocycles. The predicted molar refractivity (Wildman–Crippen MR) is 111 cm³/mol. The number of hydrogen-bond acceptors (Lipinski definition) is 7. The highest BCUT2D eigenvalue weighted by Crippen LogP contribution is 2.30. The molecule has 1 aromatic carbocycles. The monoisotopic (exact) mass is 441 g/mol. The highest BCUT2D eigenvalue weighted by Gasteiger charge is 2.33. The number of anilines is 1. The Hall–Kier alpha value is -3.79. The number of rotatable bonds is 6. The van der Waals surface area contributed by atoms with E-state index in [0.717, 1.165) is 11.5 Å². The first-order valence-corrected chi connectivity index (χ1v) is 9.99. The molecule has 3 N–H and O–H groups in total. The van der Waals surface area contributed by atoms with Crippen molar-refractivity contribution < 1.29 is 33.6 Å². The average Bonchev–Trinajstić information content (AvgIpc) is 3.33. The minimum atomic E-state index is -0.629. The summed E-state index contributed by atoms with van der Waals surface area (Å²) in [6, 6.07) is 7.90. The minimum Gasteiger partial charge on any atom is -0.458 e. The van der Waals surface area contributed by atoms with Crippen LogP contribution in [0.25, 0.3) is 22.7 Å². The summed E-state index contributed by atoms with van der Waals surface area (Å²) in [5.41, 5.74) is 6.01. The van der Waals surface area contributed by atoms with Gasteiger partial charge in [0.1, 0.15) is 23.9 Å². The van der Waals surface area contributed by atoms with E-state index in [1.807, 2.05) is 13.8 Å². The van der Waals surface area contributed by atoms with Crippen LogP contribution in [0.15, 0.2) is 40.9 Å². The molecule has 0 saturated carbocycles. The van der Waals surface area contributed by atoms with Crippen molar-refractivity contribution in [2.45, 2.75) is 20.0 Å². The third-order valence-corrected chi connectivity index (χ3v) is 5.09. The fraction of sp³-hybridized carbons (Fsp3) is 0.273. The number of cyclic esters (lactones) is 1. The third-order valence-electron chi connectivity index (χ3n) is 5.09. The molecule has 2 aromatic heterocycles. The summed E-state index contributed by atoms with van der Waals surface area (Å²) in [4.78, 5) is 33.3. The Balaban J connectivity index is 1.48. The number of hydrogen-bond donors (Lipinski definition) is 1. The van der Waals surface area contributed by atoms with E-state index in [2.05, 4.69) is 15.7 Å². The summed E-state index contributed by atoms with van der Waals surface area (Å²) in [6.07, 6.45) is 0.287. The molecule has 1 amide bonds. The van der Waals surface area contributed by atoms with E-state index in [-0.39, 0.29) is 19.7 Å². The molecule has 0 bridgehead atoms. The maximum atomic E-state index is 14.9. The number of aryl methyl sites for hydroxylation is 2. The molecule has 1 atom stereocenters. The van der Waals surface area contributed by atoms with Crippen molar-refractivity contribution in [1.29, 1.82) is 0 Å². The van der Waals surface area contributed by atoms with Gasteiger partial charge in [0.2, 0.25) is 5.89 Å². The van der Waals surface area contributed by atoms with Gasteiger partial charge in [-0.25, -0.2) is 19.0 Å². The lowest BCUT2D eigenvalue weighted by atomic mass is 10.1. The van der Waals surface area contributed by atoms with Gasteiger partial charge in [0, 0.05) is 17.3 Å². The Morgan fingerprint density at radius 3 is 2.75 bits per heavy atom. The first kappa shape index (κ1) is 21.4. The Morgan fingerprint density at radius 1 is 1.31 bits per heavy atom. The Bertz CT molecular complexity index is 1140. The highest BCUT2D eigenvalue weighted by molar-refractivity contribution is 5.90. The SMILES string of the molecule is Cc1nc(-c2ccc(-c3ccc(N4C[C@H](COC(=O)C[NH3+])OC4=O)cc3F)cn2)oc1C. The van der Waals surface area contributed by atoms with Gasteiger partial charge in [-0.2, -0.15) is 0 Å². The predicted octanol–water partition coefficient (Wildman–Crippen LogP) is 2.27. The van der Waals surface area contributed by atoms with Gasteiger partial charge in [0.05, 0.1) is 17.9 Å². The summed E-state index contributed by atoms with van der Waals surface area (Å²) in [5, 5.41) is 0. The first-order chi connectivity index (χ1) is 15.4. The second-order valence-electron chi connectivity index (χ2n) is 7.31. The van der Waals surface area contributed by atoms with Gasteiger partial charge in [-0.15, -0.1) is 0 Å². The maximum Gasteiger partial charge on any atom is 0.414 e. The molecule has 1 aliphatic heterocycles. The minimum absolute atomic E-state index is 0.00972. The fourth-order valence-electron chi connectivity index (χ4n) is 3.25. The molecule has 0 radical (unpaired) electrons. The van der Waals surface area contributed by atoms with E-state index < -0.39 is 24.0 Å². The zero-order chi connectivity index (χ0) is 22.8. The van der Waals surface area contributed by atoms with E-state index in [0.29, 0.717) is 28.4 Å². The van der Waals surface area contributed by atoms with Crippen molar-refractivity contribution in [3.05, 3.63) is 53.8 Å². The van der Waals surface area contributed by atoms with E-state index in [9.17, 15) is 14.0 Å². The van der Waals surface area contributed by atoms with Gasteiger partial charge >= 0.3 is 12.1 Å². The normalized spacial score (nSPS) is 15.7. The van der Waals surface area contributed by atoms with Crippen LogP contribution in [0.3, 0.4) is 0 Å². The van der Waals surface area contributed by atoms with Crippen LogP contribution in [0.2, 0.25) is 0 Å². The van der Waals surface area contributed by atoms with Crippen molar-refractivity contribution in [2.75, 3.05) is 24.6 Å². The quantitative estimate of drug-likeness (QED) is 0.582. The number of halogens is 1. The van der Waals surface area contributed by atoms with Crippen LogP contribution in [0.5, 0.6) is 0 Å². The molecule has 4 rings (SSSR count). The standard InChI is InChI=1S/C22H21FN4O5/c1-12-13(2)31-21(26-12)19-6-3-14(9-25-19)17-5-4-15(7-18(17)23)27-10-16(32-22(27)29)11-30-20(28)8-24/h3-7,9,16H,8,10-11,24H2,1-2H3/p+1/t16-/m1/s1. The third kappa shape index (κ3) is 4.30. The zero-order valence-electron chi connectivity index (χ0n) is 17.6. The number of ether oxygens (including phenoxy) is 2. The van der Waals surface area contributed by atoms with Gasteiger partial charge in [0.25, 0.3) is 0 Å². The smallest absolute Gasteiger partial charge is 0.414 e. The molecule has 0 spiro atoms. The van der Waals surface area contributed by atoms with Crippen LogP contribution in [0.4, 0.5) is 14.9 Å². The van der Waals surface area contributed by atoms with Crippen molar-refractivity contribution in [1.82, 2.24) is 9.97 Å². The van der Waals surface area contributed by atoms with Crippen LogP contribution in [-0.4, -0.2) is 47.8 Å². The molecule has 1 fully saturated rings. The maximum absolute atomic E-state index is 14.9. The van der Waals surface area contributed by atoms with Gasteiger partial charge in [-0.3, -0.25) is 9.88 Å². The summed E-state index contributed by atoms with van der Waals surface area (Å²) >= 11 is 0. The van der Waals surface area contributed by atoms with Crippen molar-refractivity contribution in [3.8, 4) is 22.7 Å². The van der Waals surface area contributed by atoms with Crippen LogP contribution < -0.4 is 10.6 Å². The van der Waals surface area contributed by atoms with Crippen LogP contribution in [0.1, 0.15) is 11.5 Å². The molecule has 32 heavy (non-hydrogen) atoms. The van der Waals surface area contributed by atoms with Crippen LogP contribution in [-0.2, 0) is 14.3 Å². The number of carbonyl (C=O) groups is 2. The molecule has 3 heterocycles. The molecule has 9 nitrogen and oxygen atoms in total. The fourth-order valence-corrected chi connectivity index (χ4v) is 3.25. The molecule has 10 heteroatoms. The molecule has 166 valence electrons. The highest BCUT2D eigenvalue weighted by atomic mass is 19.1. The molecule has 3 aromatic rings. The lowest BCUT2D eigenvalue weighted by Crippen LogP contribution is -2.54. The van der Waals surface area contributed by atoms with Gasteiger partial charge < -0.3 is 19.6 Å². The van der Waals surface area contributed by atoms with Gasteiger partial charge in [-0.1, -0.05) is 6.07 Å². The number of pyridine rings is 1. The number of quaternary nitrogens is 1. The number of amides is 1. The Kier molecular flexibility index (Phi) is 5.87. The molecule has 1 saturated heterocycles. The lowest BCUT2D eigenvalue weighted by molar-refractivity contribution is -0.359. The summed E-state index contributed by atoms with van der Waals surface area (Å²) in [7, 11) is 0. The van der Waals surface area contributed by atoms with Gasteiger partial charge in [0.15, 0.2) is 12.6 Å². The van der Waals surface area contributed by atoms with Crippen molar-refractivity contribution in [2.24, 2.45) is 0 Å². The summed E-state index contributed by atoms with van der Waals surface area (Å²) in [5.74, 6) is 0.128. The number of nitrogens with zero attached hydrogens (tertiary/aromatic N) is 3. The number of oxazole rings is 1. The number of aromatic nitrogens is 2. The Morgan fingerprint density at radius 2 is 2.12 bits per heavy atom. The molecular weight excluding hydrogens is 419 g/mol. The number of esters is 1. The second kappa shape index (κ2) is 8.75. The van der Waals surface area contributed by atoms with Crippen molar-refractivity contribution in [3.63, 3.8) is 0 Å². The number of benzene rings is 1. The van der Waals surface area contributed by atoms with E-state index in [1.165, 1.54) is 11.0 Å². The van der Waals surface area contributed by atoms with Crippen LogP contribution >= 0.6 is 0 Å². The first-order valence-electron chi connectivity index (χ1n) is 9.99. The lowest BCUT2D eigenvalue weighted by Gasteiger charge is -2.14. The van der Waals surface area contributed by atoms with Crippen LogP contribution in [0, 0.1) is 19.7 Å². The molecule has 1 aliphatic rings. The van der Waals surface area contributed by atoms with Crippen molar-refractivity contribution >= 4 is 17.7 Å². The van der Waals surface area contributed by atoms with E-state index >= 15 is 0 Å². The Labute approximate surface area is 183 Å². The summed E-state index contributed by atoms with van der Waals surface area (Å²) in [6.45, 7) is 3.74. The van der Waals surface area contributed by atoms with E-state index in [1.54, 1.807) is 30.5 Å². The zero-order valence-corrected chi connectivity index (χ0v) is 17.6. The van der Waals surface area contributed by atoms with Gasteiger partial charge in [-0.05, 0) is 38.1 Å². The molecule has 0 unspecified atom stereocenters. The number of carbonyl (C=O) groups excluding carboxylic acids is 2. The second-order valence-corrected chi connectivity index (χ2v) is 7.31. The van der Waals surface area contributed by atoms with E-state index in [4.69, 9.17) is 13.9 Å².